The molecule has 0 aromatic rings. The second-order valence-corrected chi connectivity index (χ2v) is 7.31. The number of hydrogen-bond acceptors (Lipinski definition) is 5. The van der Waals surface area contributed by atoms with E-state index in [0.717, 1.165) is 38.8 Å². The molecule has 0 saturated carbocycles. The zero-order chi connectivity index (χ0) is 20.1. The first-order valence-electron chi connectivity index (χ1n) is 10.6. The lowest BCUT2D eigenvalue weighted by atomic mass is 9.96. The van der Waals surface area contributed by atoms with Crippen LogP contribution in [0.5, 0.6) is 0 Å². The molecule has 0 aromatic heterocycles. The third-order valence-electron chi connectivity index (χ3n) is 5.29. The highest BCUT2D eigenvalue weighted by molar-refractivity contribution is 5.75. The highest BCUT2D eigenvalue weighted by Crippen LogP contribution is 2.20. The highest BCUT2D eigenvalue weighted by atomic mass is 16.5. The van der Waals surface area contributed by atoms with Crippen molar-refractivity contribution in [3.05, 3.63) is 0 Å². The Labute approximate surface area is 165 Å². The summed E-state index contributed by atoms with van der Waals surface area (Å²) in [5, 5.41) is 13.7. The Hall–Kier alpha value is -1.18. The van der Waals surface area contributed by atoms with E-state index >= 15 is 0 Å². The average Bonchev–Trinajstić information content (AvgIpc) is 3.10. The van der Waals surface area contributed by atoms with Crippen LogP contribution in [0.4, 0.5) is 0 Å². The lowest BCUT2D eigenvalue weighted by molar-refractivity contribution is -0.120. The summed E-state index contributed by atoms with van der Waals surface area (Å²) in [6.07, 6.45) is 6.40. The van der Waals surface area contributed by atoms with Gasteiger partial charge < -0.3 is 20.7 Å². The lowest BCUT2D eigenvalue weighted by Gasteiger charge is -2.35. The minimum Gasteiger partial charge on any atom is -0.377 e. The van der Waals surface area contributed by atoms with Crippen molar-refractivity contribution in [2.45, 2.75) is 84.2 Å². The molecule has 1 aliphatic rings. The normalized spacial score (nSPS) is 23.3. The number of hydrogen-bond donors (Lipinski definition) is 4. The first-order valence-corrected chi connectivity index (χ1v) is 10.6. The van der Waals surface area contributed by atoms with Gasteiger partial charge in [-0.25, -0.2) is 0 Å². The van der Waals surface area contributed by atoms with Crippen LogP contribution in [0.25, 0.3) is 0 Å². The SMILES string of the molecule is CCCOC(CCNC(=O)CC)C(CC)NC(NC=NC)C1CCNC1C. The maximum atomic E-state index is 11.6. The molecule has 1 saturated heterocycles. The van der Waals surface area contributed by atoms with Crippen LogP contribution >= 0.6 is 0 Å². The van der Waals surface area contributed by atoms with Crippen molar-refractivity contribution in [3.8, 4) is 0 Å². The molecular weight excluding hydrogens is 342 g/mol. The minimum absolute atomic E-state index is 0.0691. The molecule has 1 rings (SSSR count). The molecule has 1 amide bonds. The van der Waals surface area contributed by atoms with Crippen LogP contribution in [0.3, 0.4) is 0 Å². The predicted molar refractivity (Wildman–Crippen MR) is 112 cm³/mol. The van der Waals surface area contributed by atoms with Crippen molar-refractivity contribution < 1.29 is 9.53 Å². The van der Waals surface area contributed by atoms with Crippen molar-refractivity contribution in [1.82, 2.24) is 21.3 Å². The summed E-state index contributed by atoms with van der Waals surface area (Å²) in [5.74, 6) is 0.582. The molecule has 5 atom stereocenters. The standard InChI is InChI=1S/C20H41N5O2/c1-6-13-27-18(10-12-23-19(26)8-3)17(7-2)25-20(24-14-21-5)16-9-11-22-15(16)4/h14-18,20,22,25H,6-13H2,1-5H3,(H,21,24)(H,23,26). The van der Waals surface area contributed by atoms with Gasteiger partial charge in [-0.05, 0) is 39.2 Å². The largest absolute Gasteiger partial charge is 0.377 e. The molecule has 0 aromatic carbocycles. The summed E-state index contributed by atoms with van der Waals surface area (Å²) < 4.78 is 6.16. The van der Waals surface area contributed by atoms with E-state index in [4.69, 9.17) is 4.74 Å². The summed E-state index contributed by atoms with van der Waals surface area (Å²) in [7, 11) is 1.78. The molecule has 7 heteroatoms. The molecule has 0 radical (unpaired) electrons. The Morgan fingerprint density at radius 1 is 1.37 bits per heavy atom. The van der Waals surface area contributed by atoms with Crippen molar-refractivity contribution in [2.75, 3.05) is 26.7 Å². The topological polar surface area (TPSA) is 86.8 Å². The van der Waals surface area contributed by atoms with Gasteiger partial charge in [0.15, 0.2) is 0 Å². The van der Waals surface area contributed by atoms with E-state index in [0.29, 0.717) is 24.9 Å². The highest BCUT2D eigenvalue weighted by Gasteiger charge is 2.33. The summed E-state index contributed by atoms with van der Waals surface area (Å²) >= 11 is 0. The van der Waals surface area contributed by atoms with E-state index in [1.54, 1.807) is 13.4 Å². The summed E-state index contributed by atoms with van der Waals surface area (Å²) in [6, 6.07) is 0.669. The zero-order valence-electron chi connectivity index (χ0n) is 17.9. The van der Waals surface area contributed by atoms with Crippen molar-refractivity contribution in [2.24, 2.45) is 10.9 Å². The summed E-state index contributed by atoms with van der Waals surface area (Å²) in [5.41, 5.74) is 0. The number of nitrogens with one attached hydrogen (secondary N) is 4. The molecule has 27 heavy (non-hydrogen) atoms. The van der Waals surface area contributed by atoms with E-state index in [1.165, 1.54) is 0 Å². The fraction of sp³-hybridized carbons (Fsp3) is 0.900. The number of ether oxygens (including phenoxy) is 1. The first-order chi connectivity index (χ1) is 13.1. The van der Waals surface area contributed by atoms with E-state index in [2.05, 4.69) is 47.0 Å². The maximum Gasteiger partial charge on any atom is 0.219 e. The molecule has 1 fully saturated rings. The van der Waals surface area contributed by atoms with Crippen LogP contribution in [-0.2, 0) is 9.53 Å². The summed E-state index contributed by atoms with van der Waals surface area (Å²) in [6.45, 7) is 10.9. The number of carbonyl (C=O) groups is 1. The molecule has 0 spiro atoms. The monoisotopic (exact) mass is 383 g/mol. The average molecular weight is 384 g/mol. The van der Waals surface area contributed by atoms with Gasteiger partial charge in [0.25, 0.3) is 0 Å². The van der Waals surface area contributed by atoms with Gasteiger partial charge in [-0.2, -0.15) is 0 Å². The molecular formula is C20H41N5O2. The smallest absolute Gasteiger partial charge is 0.219 e. The third-order valence-corrected chi connectivity index (χ3v) is 5.29. The van der Waals surface area contributed by atoms with Gasteiger partial charge >= 0.3 is 0 Å². The number of amides is 1. The fourth-order valence-corrected chi connectivity index (χ4v) is 3.65. The van der Waals surface area contributed by atoms with Crippen LogP contribution in [0.2, 0.25) is 0 Å². The van der Waals surface area contributed by atoms with E-state index in [-0.39, 0.29) is 24.2 Å². The Balaban J connectivity index is 2.76. The number of carbonyl (C=O) groups excluding carboxylic acids is 1. The van der Waals surface area contributed by atoms with Gasteiger partial charge in [-0.15, -0.1) is 0 Å². The molecule has 7 nitrogen and oxygen atoms in total. The minimum atomic E-state index is 0.0691. The van der Waals surface area contributed by atoms with E-state index in [9.17, 15) is 4.79 Å². The third kappa shape index (κ3) is 8.58. The van der Waals surface area contributed by atoms with E-state index < -0.39 is 0 Å². The molecule has 158 valence electrons. The molecule has 1 heterocycles. The fourth-order valence-electron chi connectivity index (χ4n) is 3.65. The van der Waals surface area contributed by atoms with Gasteiger partial charge in [0.05, 0.1) is 18.6 Å². The maximum absolute atomic E-state index is 11.6. The van der Waals surface area contributed by atoms with Gasteiger partial charge in [-0.1, -0.05) is 20.8 Å². The Bertz CT molecular complexity index is 433. The summed E-state index contributed by atoms with van der Waals surface area (Å²) in [4.78, 5) is 15.7. The van der Waals surface area contributed by atoms with E-state index in [1.807, 2.05) is 6.92 Å². The second kappa shape index (κ2) is 13.9. The van der Waals surface area contributed by atoms with Crippen molar-refractivity contribution in [3.63, 3.8) is 0 Å². The molecule has 1 aliphatic heterocycles. The Morgan fingerprint density at radius 3 is 2.70 bits per heavy atom. The van der Waals surface area contributed by atoms with Gasteiger partial charge in [0, 0.05) is 44.6 Å². The lowest BCUT2D eigenvalue weighted by Crippen LogP contribution is -2.57. The number of aliphatic imine (C=N–C) groups is 1. The zero-order valence-corrected chi connectivity index (χ0v) is 17.9. The Kier molecular flexibility index (Phi) is 12.3. The molecule has 4 N–H and O–H groups in total. The number of nitrogens with zero attached hydrogens (tertiary/aromatic N) is 1. The molecule has 5 unspecified atom stereocenters. The second-order valence-electron chi connectivity index (χ2n) is 7.31. The number of rotatable bonds is 14. The van der Waals surface area contributed by atoms with Crippen molar-refractivity contribution in [1.29, 1.82) is 0 Å². The van der Waals surface area contributed by atoms with Crippen LogP contribution in [0, 0.1) is 5.92 Å². The molecule has 0 bridgehead atoms. The first kappa shape index (κ1) is 23.9. The van der Waals surface area contributed by atoms with Crippen LogP contribution in [0.1, 0.15) is 59.8 Å². The van der Waals surface area contributed by atoms with Crippen LogP contribution < -0.4 is 21.3 Å². The molecule has 0 aliphatic carbocycles. The van der Waals surface area contributed by atoms with Gasteiger partial charge in [0.1, 0.15) is 0 Å². The quantitative estimate of drug-likeness (QED) is 0.208. The van der Waals surface area contributed by atoms with Gasteiger partial charge in [0.2, 0.25) is 5.91 Å². The van der Waals surface area contributed by atoms with Gasteiger partial charge in [-0.3, -0.25) is 15.1 Å². The van der Waals surface area contributed by atoms with Crippen LogP contribution in [-0.4, -0.2) is 63.3 Å². The van der Waals surface area contributed by atoms with Crippen LogP contribution in [0.15, 0.2) is 4.99 Å². The Morgan fingerprint density at radius 2 is 2.15 bits per heavy atom. The van der Waals surface area contributed by atoms with Crippen molar-refractivity contribution >= 4 is 12.2 Å². The predicted octanol–water partition coefficient (Wildman–Crippen LogP) is 1.64.